The van der Waals surface area contributed by atoms with Gasteiger partial charge in [-0.15, -0.1) is 0 Å². The van der Waals surface area contributed by atoms with Crippen molar-refractivity contribution in [2.24, 2.45) is 7.05 Å². The third-order valence-electron chi connectivity index (χ3n) is 7.30. The van der Waals surface area contributed by atoms with E-state index < -0.39 is 0 Å². The number of fused-ring (bicyclic) bond motifs is 1. The Morgan fingerprint density at radius 2 is 1.61 bits per heavy atom. The number of aromatic nitrogens is 2. The van der Waals surface area contributed by atoms with Gasteiger partial charge in [-0.05, 0) is 81.6 Å². The Bertz CT molecular complexity index is 1200. The molecule has 0 radical (unpaired) electrons. The molecule has 0 spiro atoms. The van der Waals surface area contributed by atoms with Gasteiger partial charge in [0.05, 0.1) is 5.52 Å². The summed E-state index contributed by atoms with van der Waals surface area (Å²) in [6.07, 6.45) is 2.96. The van der Waals surface area contributed by atoms with Gasteiger partial charge < -0.3 is 19.7 Å². The molecule has 3 aromatic rings. The second-order valence-electron chi connectivity index (χ2n) is 9.61. The molecule has 6 heteroatoms. The zero-order chi connectivity index (χ0) is 23.7. The van der Waals surface area contributed by atoms with Gasteiger partial charge in [0.25, 0.3) is 5.56 Å². The molecule has 0 saturated carbocycles. The molecule has 1 N–H and O–H groups in total. The lowest BCUT2D eigenvalue weighted by Gasteiger charge is -2.32. The molecule has 2 aromatic heterocycles. The van der Waals surface area contributed by atoms with Crippen molar-refractivity contribution >= 4 is 16.7 Å². The van der Waals surface area contributed by atoms with Crippen LogP contribution in [0, 0.1) is 27.7 Å². The molecule has 6 nitrogen and oxygen atoms in total. The van der Waals surface area contributed by atoms with Gasteiger partial charge in [0.15, 0.2) is 0 Å². The molecule has 0 atom stereocenters. The Hall–Kier alpha value is -2.70. The lowest BCUT2D eigenvalue weighted by Crippen LogP contribution is -2.44. The summed E-state index contributed by atoms with van der Waals surface area (Å²) in [4.78, 5) is 22.9. The number of aryl methyl sites for hydroxylation is 3. The van der Waals surface area contributed by atoms with Crippen molar-refractivity contribution in [2.75, 3.05) is 51.6 Å². The van der Waals surface area contributed by atoms with Crippen LogP contribution in [0.3, 0.4) is 0 Å². The minimum absolute atomic E-state index is 0.0333. The number of benzene rings is 1. The van der Waals surface area contributed by atoms with E-state index in [2.05, 4.69) is 60.9 Å². The molecule has 1 aromatic carbocycles. The predicted molar refractivity (Wildman–Crippen MR) is 138 cm³/mol. The summed E-state index contributed by atoms with van der Waals surface area (Å²) >= 11 is 0. The van der Waals surface area contributed by atoms with Gasteiger partial charge >= 0.3 is 0 Å². The van der Waals surface area contributed by atoms with Gasteiger partial charge in [-0.2, -0.15) is 0 Å². The Labute approximate surface area is 197 Å². The monoisotopic (exact) mass is 447 g/mol. The first-order valence-corrected chi connectivity index (χ1v) is 12.0. The second-order valence-corrected chi connectivity index (χ2v) is 9.61. The molecule has 176 valence electrons. The van der Waals surface area contributed by atoms with Gasteiger partial charge in [0.1, 0.15) is 5.82 Å². The maximum atomic E-state index is 13.4. The number of nitrogens with one attached hydrogen (secondary N) is 1. The Morgan fingerprint density at radius 1 is 0.939 bits per heavy atom. The lowest BCUT2D eigenvalue weighted by atomic mass is 9.90. The highest BCUT2D eigenvalue weighted by molar-refractivity contribution is 5.86. The topological polar surface area (TPSA) is 53.4 Å². The average molecular weight is 448 g/mol. The number of anilines is 1. The molecule has 1 aliphatic heterocycles. The first kappa shape index (κ1) is 23.5. The minimum Gasteiger partial charge on any atom is -0.370 e. The number of hydrogen-bond donors (Lipinski definition) is 1. The van der Waals surface area contributed by atoms with Crippen LogP contribution in [0.15, 0.2) is 29.2 Å². The van der Waals surface area contributed by atoms with Crippen molar-refractivity contribution < 1.29 is 0 Å². The molecule has 1 fully saturated rings. The van der Waals surface area contributed by atoms with Crippen molar-refractivity contribution in [3.8, 4) is 11.1 Å². The maximum absolute atomic E-state index is 13.4. The number of likely N-dealkylation sites (N-methyl/N-ethyl adjacent to an activating group) is 1. The number of piperazine rings is 1. The van der Waals surface area contributed by atoms with E-state index in [1.807, 2.05) is 25.4 Å². The van der Waals surface area contributed by atoms with E-state index in [0.29, 0.717) is 0 Å². The fourth-order valence-corrected chi connectivity index (χ4v) is 4.85. The third-order valence-corrected chi connectivity index (χ3v) is 7.30. The predicted octanol–water partition coefficient (Wildman–Crippen LogP) is 3.88. The molecule has 3 heterocycles. The van der Waals surface area contributed by atoms with Crippen LogP contribution in [0.1, 0.15) is 28.7 Å². The normalized spacial score (nSPS) is 15.3. The van der Waals surface area contributed by atoms with E-state index in [1.54, 1.807) is 4.57 Å². The van der Waals surface area contributed by atoms with Crippen LogP contribution in [-0.4, -0.2) is 65.7 Å². The van der Waals surface area contributed by atoms with E-state index in [0.717, 1.165) is 73.5 Å². The van der Waals surface area contributed by atoms with E-state index >= 15 is 0 Å². The van der Waals surface area contributed by atoms with Crippen molar-refractivity contribution in [2.45, 2.75) is 34.1 Å². The highest BCUT2D eigenvalue weighted by atomic mass is 16.1. The molecule has 1 saturated heterocycles. The van der Waals surface area contributed by atoms with Crippen LogP contribution in [0.25, 0.3) is 22.0 Å². The molecular weight excluding hydrogens is 410 g/mol. The molecule has 0 bridgehead atoms. The third kappa shape index (κ3) is 4.82. The largest absolute Gasteiger partial charge is 0.370 e. The number of pyridine rings is 2. The standard InChI is InChI=1S/C27H37N5O/c1-18-14-19(2)21(4)26(20(18)3)23-15-22-17-29-25(16-24(22)31(6)27(23)33)28-8-7-9-32-12-10-30(5)11-13-32/h14-17H,7-13H2,1-6H3,(H,28,29). The Morgan fingerprint density at radius 3 is 2.27 bits per heavy atom. The summed E-state index contributed by atoms with van der Waals surface area (Å²) in [6, 6.07) is 6.20. The molecule has 1 aliphatic rings. The first-order valence-electron chi connectivity index (χ1n) is 12.0. The minimum atomic E-state index is 0.0333. The van der Waals surface area contributed by atoms with Gasteiger partial charge in [0, 0.05) is 63.0 Å². The molecule has 33 heavy (non-hydrogen) atoms. The zero-order valence-electron chi connectivity index (χ0n) is 21.0. The Balaban J connectivity index is 1.54. The first-order chi connectivity index (χ1) is 15.8. The van der Waals surface area contributed by atoms with Crippen LogP contribution in [0.5, 0.6) is 0 Å². The highest BCUT2D eigenvalue weighted by Crippen LogP contribution is 2.31. The van der Waals surface area contributed by atoms with Gasteiger partial charge in [0.2, 0.25) is 0 Å². The molecule has 0 aliphatic carbocycles. The summed E-state index contributed by atoms with van der Waals surface area (Å²) in [5.74, 6) is 0.822. The van der Waals surface area contributed by atoms with Crippen molar-refractivity contribution in [3.63, 3.8) is 0 Å². The molecule has 4 rings (SSSR count). The fraction of sp³-hybridized carbons (Fsp3) is 0.481. The van der Waals surface area contributed by atoms with Gasteiger partial charge in [-0.1, -0.05) is 6.07 Å². The number of rotatable bonds is 6. The summed E-state index contributed by atoms with van der Waals surface area (Å²) in [5, 5.41) is 4.43. The Kier molecular flexibility index (Phi) is 6.86. The van der Waals surface area contributed by atoms with Gasteiger partial charge in [-0.3, -0.25) is 4.79 Å². The number of nitrogens with zero attached hydrogens (tertiary/aromatic N) is 4. The van der Waals surface area contributed by atoms with E-state index in [1.165, 1.54) is 22.3 Å². The van der Waals surface area contributed by atoms with Crippen molar-refractivity contribution in [1.29, 1.82) is 0 Å². The second kappa shape index (κ2) is 9.65. The van der Waals surface area contributed by atoms with Crippen LogP contribution in [0.4, 0.5) is 5.82 Å². The molecule has 0 amide bonds. The highest BCUT2D eigenvalue weighted by Gasteiger charge is 2.17. The van der Waals surface area contributed by atoms with Crippen LogP contribution < -0.4 is 10.9 Å². The summed E-state index contributed by atoms with van der Waals surface area (Å²) in [7, 11) is 4.05. The fourth-order valence-electron chi connectivity index (χ4n) is 4.85. The molecule has 0 unspecified atom stereocenters. The summed E-state index contributed by atoms with van der Waals surface area (Å²) in [6.45, 7) is 15.0. The maximum Gasteiger partial charge on any atom is 0.258 e. The van der Waals surface area contributed by atoms with E-state index in [4.69, 9.17) is 0 Å². The van der Waals surface area contributed by atoms with Gasteiger partial charge in [-0.25, -0.2) is 4.98 Å². The summed E-state index contributed by atoms with van der Waals surface area (Å²) in [5.41, 5.74) is 7.50. The smallest absolute Gasteiger partial charge is 0.258 e. The average Bonchev–Trinajstić information content (AvgIpc) is 2.80. The SMILES string of the molecule is Cc1cc(C)c(C)c(-c2cc3cnc(NCCCN4CCN(C)CC4)cc3n(C)c2=O)c1C. The van der Waals surface area contributed by atoms with E-state index in [9.17, 15) is 4.79 Å². The number of hydrogen-bond acceptors (Lipinski definition) is 5. The van der Waals surface area contributed by atoms with E-state index in [-0.39, 0.29) is 5.56 Å². The van der Waals surface area contributed by atoms with Crippen molar-refractivity contribution in [3.05, 3.63) is 57.0 Å². The van der Waals surface area contributed by atoms with Crippen LogP contribution in [-0.2, 0) is 7.05 Å². The van der Waals surface area contributed by atoms with Crippen molar-refractivity contribution in [1.82, 2.24) is 19.4 Å². The molecular formula is C27H37N5O. The summed E-state index contributed by atoms with van der Waals surface area (Å²) < 4.78 is 1.76. The van der Waals surface area contributed by atoms with Crippen LogP contribution in [0.2, 0.25) is 0 Å². The lowest BCUT2D eigenvalue weighted by molar-refractivity contribution is 0.154. The quantitative estimate of drug-likeness (QED) is 0.581. The van der Waals surface area contributed by atoms with Crippen LogP contribution >= 0.6 is 0 Å². The zero-order valence-corrected chi connectivity index (χ0v) is 21.0.